The highest BCUT2D eigenvalue weighted by Gasteiger charge is 2.31. The average molecular weight is 322 g/mol. The van der Waals surface area contributed by atoms with Crippen LogP contribution in [0.3, 0.4) is 0 Å². The summed E-state index contributed by atoms with van der Waals surface area (Å²) in [5.74, 6) is 0.271. The molecule has 0 aliphatic heterocycles. The van der Waals surface area contributed by atoms with E-state index in [9.17, 15) is 8.42 Å². The van der Waals surface area contributed by atoms with Gasteiger partial charge >= 0.3 is 0 Å². The molecule has 1 aliphatic rings. The molecule has 0 amide bonds. The summed E-state index contributed by atoms with van der Waals surface area (Å²) in [5.41, 5.74) is 0.754. The van der Waals surface area contributed by atoms with Crippen molar-refractivity contribution in [3.8, 4) is 0 Å². The SMILES string of the molecule is CN(C1CCCC1)S(=O)(=O)c1cc(CCl)ccc1Cl. The van der Waals surface area contributed by atoms with Gasteiger partial charge in [0.05, 0.1) is 5.02 Å². The Balaban J connectivity index is 2.38. The van der Waals surface area contributed by atoms with Crippen molar-refractivity contribution in [1.29, 1.82) is 0 Å². The van der Waals surface area contributed by atoms with E-state index < -0.39 is 10.0 Å². The van der Waals surface area contributed by atoms with Crippen molar-refractivity contribution >= 4 is 33.2 Å². The largest absolute Gasteiger partial charge is 0.244 e. The van der Waals surface area contributed by atoms with Gasteiger partial charge in [-0.3, -0.25) is 0 Å². The molecule has 3 nitrogen and oxygen atoms in total. The van der Waals surface area contributed by atoms with E-state index in [1.165, 1.54) is 4.31 Å². The minimum atomic E-state index is -3.54. The fourth-order valence-corrected chi connectivity index (χ4v) is 4.55. The summed E-state index contributed by atoms with van der Waals surface area (Å²) in [7, 11) is -1.91. The highest BCUT2D eigenvalue weighted by Crippen LogP contribution is 2.31. The number of sulfonamides is 1. The Morgan fingerprint density at radius 3 is 2.53 bits per heavy atom. The number of rotatable bonds is 4. The van der Waals surface area contributed by atoms with Crippen molar-refractivity contribution in [2.24, 2.45) is 0 Å². The van der Waals surface area contributed by atoms with Gasteiger partial charge in [-0.25, -0.2) is 8.42 Å². The van der Waals surface area contributed by atoms with Gasteiger partial charge in [0.25, 0.3) is 0 Å². The highest BCUT2D eigenvalue weighted by molar-refractivity contribution is 7.89. The maximum atomic E-state index is 12.6. The summed E-state index contributed by atoms with van der Waals surface area (Å²) in [6.07, 6.45) is 4.01. The molecule has 2 rings (SSSR count). The predicted octanol–water partition coefficient (Wildman–Crippen LogP) is 3.64. The maximum Gasteiger partial charge on any atom is 0.244 e. The molecule has 0 radical (unpaired) electrons. The van der Waals surface area contributed by atoms with Gasteiger partial charge in [0.2, 0.25) is 10.0 Å². The first-order valence-corrected chi connectivity index (χ1v) is 8.64. The summed E-state index contributed by atoms with van der Waals surface area (Å²) in [6, 6.07) is 4.98. The lowest BCUT2D eigenvalue weighted by atomic mass is 10.2. The number of hydrogen-bond donors (Lipinski definition) is 0. The van der Waals surface area contributed by atoms with Crippen LogP contribution in [-0.2, 0) is 15.9 Å². The van der Waals surface area contributed by atoms with Gasteiger partial charge < -0.3 is 0 Å². The Kier molecular flexibility index (Phi) is 4.77. The minimum absolute atomic E-state index is 0.0840. The molecule has 0 bridgehead atoms. The second-order valence-electron chi connectivity index (χ2n) is 4.86. The Labute approximate surface area is 124 Å². The van der Waals surface area contributed by atoms with E-state index in [1.54, 1.807) is 25.2 Å². The van der Waals surface area contributed by atoms with Gasteiger partial charge in [-0.15, -0.1) is 11.6 Å². The van der Waals surface area contributed by atoms with Crippen molar-refractivity contribution in [2.75, 3.05) is 7.05 Å². The van der Waals surface area contributed by atoms with Crippen molar-refractivity contribution in [3.05, 3.63) is 28.8 Å². The van der Waals surface area contributed by atoms with Gasteiger partial charge in [-0.05, 0) is 30.5 Å². The minimum Gasteiger partial charge on any atom is -0.207 e. The van der Waals surface area contributed by atoms with E-state index in [-0.39, 0.29) is 21.8 Å². The average Bonchev–Trinajstić information content (AvgIpc) is 2.92. The second kappa shape index (κ2) is 6.00. The third-order valence-corrected chi connectivity index (χ3v) is 6.35. The van der Waals surface area contributed by atoms with Gasteiger partial charge in [-0.2, -0.15) is 4.31 Å². The molecule has 6 heteroatoms. The van der Waals surface area contributed by atoms with Crippen LogP contribution in [0.25, 0.3) is 0 Å². The molecule has 0 unspecified atom stereocenters. The van der Waals surface area contributed by atoms with Gasteiger partial charge in [0.1, 0.15) is 4.90 Å². The molecule has 0 aromatic heterocycles. The van der Waals surface area contributed by atoms with Crippen LogP contribution in [0.5, 0.6) is 0 Å². The predicted molar refractivity (Wildman–Crippen MR) is 78.2 cm³/mol. The Bertz CT molecular complexity index is 554. The molecule has 19 heavy (non-hydrogen) atoms. The normalized spacial score (nSPS) is 17.3. The van der Waals surface area contributed by atoms with Crippen LogP contribution in [0.1, 0.15) is 31.2 Å². The maximum absolute atomic E-state index is 12.6. The number of hydrogen-bond acceptors (Lipinski definition) is 2. The molecule has 1 aromatic carbocycles. The van der Waals surface area contributed by atoms with Crippen LogP contribution in [0.4, 0.5) is 0 Å². The summed E-state index contributed by atoms with van der Waals surface area (Å²) in [5, 5.41) is 0.249. The van der Waals surface area contributed by atoms with Crippen LogP contribution < -0.4 is 0 Å². The van der Waals surface area contributed by atoms with Crippen molar-refractivity contribution in [1.82, 2.24) is 4.31 Å². The molecule has 0 spiro atoms. The van der Waals surface area contributed by atoms with Gasteiger partial charge in [0, 0.05) is 19.0 Å². The lowest BCUT2D eigenvalue weighted by Gasteiger charge is -2.24. The number of benzene rings is 1. The smallest absolute Gasteiger partial charge is 0.207 e. The van der Waals surface area contributed by atoms with E-state index in [2.05, 4.69) is 0 Å². The van der Waals surface area contributed by atoms with E-state index in [0.29, 0.717) is 0 Å². The first kappa shape index (κ1) is 15.1. The third kappa shape index (κ3) is 3.07. The third-order valence-electron chi connectivity index (χ3n) is 3.65. The van der Waals surface area contributed by atoms with Crippen LogP contribution in [0.15, 0.2) is 23.1 Å². The molecule has 0 atom stereocenters. The Hall–Kier alpha value is -0.290. The quantitative estimate of drug-likeness (QED) is 0.794. The molecule has 1 aliphatic carbocycles. The fourth-order valence-electron chi connectivity index (χ4n) is 2.45. The summed E-state index contributed by atoms with van der Waals surface area (Å²) in [6.45, 7) is 0. The first-order valence-electron chi connectivity index (χ1n) is 6.29. The lowest BCUT2D eigenvalue weighted by Crippen LogP contribution is -2.35. The zero-order valence-corrected chi connectivity index (χ0v) is 13.1. The fraction of sp³-hybridized carbons (Fsp3) is 0.538. The highest BCUT2D eigenvalue weighted by atomic mass is 35.5. The number of halogens is 2. The first-order chi connectivity index (χ1) is 8.96. The molecular weight excluding hydrogens is 305 g/mol. The molecule has 0 saturated heterocycles. The molecule has 0 heterocycles. The van der Waals surface area contributed by atoms with Gasteiger partial charge in [-0.1, -0.05) is 30.5 Å². The lowest BCUT2D eigenvalue weighted by molar-refractivity contribution is 0.373. The summed E-state index contributed by atoms with van der Waals surface area (Å²) >= 11 is 11.8. The molecule has 1 fully saturated rings. The number of alkyl halides is 1. The van der Waals surface area contributed by atoms with E-state index in [0.717, 1.165) is 31.2 Å². The van der Waals surface area contributed by atoms with Crippen LogP contribution >= 0.6 is 23.2 Å². The summed E-state index contributed by atoms with van der Waals surface area (Å²) < 4.78 is 26.7. The molecular formula is C13H17Cl2NO2S. The zero-order chi connectivity index (χ0) is 14.0. The standard InChI is InChI=1S/C13H17Cl2NO2S/c1-16(11-4-2-3-5-11)19(17,18)13-8-10(9-14)6-7-12(13)15/h6-8,11H,2-5,9H2,1H3. The van der Waals surface area contributed by atoms with Crippen LogP contribution in [0.2, 0.25) is 5.02 Å². The van der Waals surface area contributed by atoms with Crippen LogP contribution in [-0.4, -0.2) is 25.8 Å². The Morgan fingerprint density at radius 2 is 1.95 bits per heavy atom. The molecule has 1 saturated carbocycles. The summed E-state index contributed by atoms with van der Waals surface area (Å²) in [4.78, 5) is 0.154. The molecule has 1 aromatic rings. The van der Waals surface area contributed by atoms with Crippen molar-refractivity contribution in [2.45, 2.75) is 42.5 Å². The molecule has 0 N–H and O–H groups in total. The van der Waals surface area contributed by atoms with Gasteiger partial charge in [0.15, 0.2) is 0 Å². The second-order valence-corrected chi connectivity index (χ2v) is 7.50. The number of nitrogens with zero attached hydrogens (tertiary/aromatic N) is 1. The van der Waals surface area contributed by atoms with E-state index >= 15 is 0 Å². The van der Waals surface area contributed by atoms with Crippen molar-refractivity contribution < 1.29 is 8.42 Å². The monoisotopic (exact) mass is 321 g/mol. The zero-order valence-electron chi connectivity index (χ0n) is 10.8. The Morgan fingerprint density at radius 1 is 1.32 bits per heavy atom. The van der Waals surface area contributed by atoms with Crippen LogP contribution in [0, 0.1) is 0 Å². The van der Waals surface area contributed by atoms with E-state index in [4.69, 9.17) is 23.2 Å². The molecule has 106 valence electrons. The van der Waals surface area contributed by atoms with E-state index in [1.807, 2.05) is 0 Å². The topological polar surface area (TPSA) is 37.4 Å². The van der Waals surface area contributed by atoms with Crippen molar-refractivity contribution in [3.63, 3.8) is 0 Å².